The molecule has 0 amide bonds. The van der Waals surface area contributed by atoms with Gasteiger partial charge in [0, 0.05) is 6.07 Å². The first-order chi connectivity index (χ1) is 14.0. The highest BCUT2D eigenvalue weighted by atomic mass is 16.5. The van der Waals surface area contributed by atoms with E-state index in [4.69, 9.17) is 23.7 Å². The van der Waals surface area contributed by atoms with E-state index in [9.17, 15) is 14.7 Å². The number of hydrogen-bond donors (Lipinski definition) is 2. The summed E-state index contributed by atoms with van der Waals surface area (Å²) in [6.07, 6.45) is -0.956. The number of benzene rings is 2. The molecule has 0 aliphatic heterocycles. The second-order valence-corrected chi connectivity index (χ2v) is 6.09. The fourth-order valence-corrected chi connectivity index (χ4v) is 2.63. The van der Waals surface area contributed by atoms with Crippen molar-refractivity contribution in [3.8, 4) is 17.2 Å². The van der Waals surface area contributed by atoms with Crippen LogP contribution in [0.2, 0.25) is 0 Å². The first kappa shape index (κ1) is 20.2. The molecule has 3 rings (SSSR count). The van der Waals surface area contributed by atoms with E-state index in [1.807, 2.05) is 6.92 Å². The quantitative estimate of drug-likeness (QED) is 0.563. The molecule has 2 aromatic carbocycles. The van der Waals surface area contributed by atoms with Crippen LogP contribution in [-0.2, 0) is 0 Å². The van der Waals surface area contributed by atoms with Crippen molar-refractivity contribution in [1.29, 1.82) is 0 Å². The molecule has 0 saturated heterocycles. The summed E-state index contributed by atoms with van der Waals surface area (Å²) in [6, 6.07) is 12.5. The van der Waals surface area contributed by atoms with Crippen LogP contribution in [0.4, 0.5) is 0 Å². The highest BCUT2D eigenvalue weighted by Crippen LogP contribution is 2.24. The van der Waals surface area contributed by atoms with Gasteiger partial charge in [-0.05, 0) is 43.3 Å². The van der Waals surface area contributed by atoms with Gasteiger partial charge in [-0.25, -0.2) is 4.79 Å². The van der Waals surface area contributed by atoms with Gasteiger partial charge in [-0.1, -0.05) is 6.07 Å². The predicted molar refractivity (Wildman–Crippen MR) is 104 cm³/mol. The molecule has 0 aliphatic carbocycles. The van der Waals surface area contributed by atoms with Crippen LogP contribution in [0.15, 0.2) is 57.7 Å². The smallest absolute Gasteiger partial charge is 0.371 e. The molecule has 0 bridgehead atoms. The molecule has 2 N–H and O–H groups in total. The van der Waals surface area contributed by atoms with Gasteiger partial charge in [0.1, 0.15) is 47.5 Å². The molecule has 1 atom stereocenters. The molecule has 1 aromatic heterocycles. The normalized spacial score (nSPS) is 11.8. The maximum absolute atomic E-state index is 12.3. The van der Waals surface area contributed by atoms with E-state index >= 15 is 0 Å². The summed E-state index contributed by atoms with van der Waals surface area (Å²) in [6.45, 7) is 2.32. The van der Waals surface area contributed by atoms with Gasteiger partial charge in [-0.15, -0.1) is 0 Å². The average molecular weight is 400 g/mol. The van der Waals surface area contributed by atoms with Gasteiger partial charge in [0.15, 0.2) is 5.43 Å². The van der Waals surface area contributed by atoms with Crippen molar-refractivity contribution in [3.63, 3.8) is 0 Å². The van der Waals surface area contributed by atoms with E-state index in [1.54, 1.807) is 36.4 Å². The molecule has 0 fully saturated rings. The summed E-state index contributed by atoms with van der Waals surface area (Å²) >= 11 is 0. The van der Waals surface area contributed by atoms with Gasteiger partial charge in [0.05, 0.1) is 6.61 Å². The third kappa shape index (κ3) is 5.05. The van der Waals surface area contributed by atoms with Crippen molar-refractivity contribution < 1.29 is 33.6 Å². The van der Waals surface area contributed by atoms with Crippen LogP contribution in [0.5, 0.6) is 17.2 Å². The molecule has 0 radical (unpaired) electrons. The zero-order valence-electron chi connectivity index (χ0n) is 15.7. The first-order valence-electron chi connectivity index (χ1n) is 8.94. The van der Waals surface area contributed by atoms with Crippen molar-refractivity contribution in [2.45, 2.75) is 13.0 Å². The van der Waals surface area contributed by atoms with Crippen LogP contribution in [0.3, 0.4) is 0 Å². The number of aliphatic hydroxyl groups is 1. The summed E-state index contributed by atoms with van der Waals surface area (Å²) < 4.78 is 21.6. The van der Waals surface area contributed by atoms with Crippen molar-refractivity contribution in [2.24, 2.45) is 0 Å². The van der Waals surface area contributed by atoms with Crippen LogP contribution < -0.4 is 19.6 Å². The lowest BCUT2D eigenvalue weighted by Crippen LogP contribution is -2.25. The molecule has 1 unspecified atom stereocenters. The fraction of sp³-hybridized carbons (Fsp3) is 0.238. The molecule has 29 heavy (non-hydrogen) atoms. The Morgan fingerprint density at radius 1 is 1.03 bits per heavy atom. The Kier molecular flexibility index (Phi) is 6.36. The van der Waals surface area contributed by atoms with E-state index in [2.05, 4.69) is 0 Å². The third-order valence-corrected chi connectivity index (χ3v) is 3.94. The molecule has 1 heterocycles. The maximum atomic E-state index is 12.3. The number of rotatable bonds is 9. The summed E-state index contributed by atoms with van der Waals surface area (Å²) in [7, 11) is 0. The first-order valence-corrected chi connectivity index (χ1v) is 8.94. The van der Waals surface area contributed by atoms with Gasteiger partial charge in [-0.2, -0.15) is 0 Å². The van der Waals surface area contributed by atoms with E-state index in [-0.39, 0.29) is 29.9 Å². The Morgan fingerprint density at radius 2 is 1.69 bits per heavy atom. The molecule has 0 saturated carbocycles. The van der Waals surface area contributed by atoms with Gasteiger partial charge < -0.3 is 28.8 Å². The lowest BCUT2D eigenvalue weighted by Gasteiger charge is -2.14. The Labute approximate surface area is 165 Å². The molecule has 8 heteroatoms. The fourth-order valence-electron chi connectivity index (χ4n) is 2.63. The summed E-state index contributed by atoms with van der Waals surface area (Å²) in [4.78, 5) is 23.3. The van der Waals surface area contributed by atoms with Crippen LogP contribution in [0.1, 0.15) is 17.5 Å². The third-order valence-electron chi connectivity index (χ3n) is 3.94. The van der Waals surface area contributed by atoms with Gasteiger partial charge in [0.25, 0.3) is 0 Å². The second-order valence-electron chi connectivity index (χ2n) is 6.09. The van der Waals surface area contributed by atoms with E-state index < -0.39 is 23.3 Å². The van der Waals surface area contributed by atoms with Crippen LogP contribution >= 0.6 is 0 Å². The lowest BCUT2D eigenvalue weighted by atomic mass is 10.2. The Morgan fingerprint density at radius 3 is 2.34 bits per heavy atom. The molecule has 152 valence electrons. The monoisotopic (exact) mass is 400 g/mol. The van der Waals surface area contributed by atoms with Gasteiger partial charge in [-0.3, -0.25) is 4.79 Å². The molecular formula is C21H20O8. The van der Waals surface area contributed by atoms with Crippen molar-refractivity contribution in [3.05, 3.63) is 64.5 Å². The average Bonchev–Trinajstić information content (AvgIpc) is 2.71. The topological polar surface area (TPSA) is 115 Å². The van der Waals surface area contributed by atoms with Crippen molar-refractivity contribution in [1.82, 2.24) is 0 Å². The van der Waals surface area contributed by atoms with E-state index in [0.29, 0.717) is 12.4 Å². The van der Waals surface area contributed by atoms with E-state index in [0.717, 1.165) is 11.8 Å². The van der Waals surface area contributed by atoms with Crippen LogP contribution in [-0.4, -0.2) is 42.1 Å². The number of aromatic carboxylic acids is 1. The number of carbonyl (C=O) groups is 1. The second kappa shape index (κ2) is 9.11. The minimum atomic E-state index is -1.34. The standard InChI is InChI=1S/C21H20O8/c1-2-26-14-6-8-15(9-7-14)27-11-13(22)12-28-17-4-3-5-18-20(17)16(23)10-19(29-18)21(24)25/h3-10,13,22H,2,11-12H2,1H3,(H,24,25). The number of carboxylic acids is 1. The highest BCUT2D eigenvalue weighted by molar-refractivity contribution is 5.89. The van der Waals surface area contributed by atoms with Crippen molar-refractivity contribution >= 4 is 16.9 Å². The minimum Gasteiger partial charge on any atom is -0.494 e. The summed E-state index contributed by atoms with van der Waals surface area (Å²) in [5.41, 5.74) is -0.452. The van der Waals surface area contributed by atoms with Gasteiger partial charge in [0.2, 0.25) is 5.76 Å². The Hall–Kier alpha value is -3.52. The number of carboxylic acid groups (broad SMARTS) is 1. The van der Waals surface area contributed by atoms with Crippen molar-refractivity contribution in [2.75, 3.05) is 19.8 Å². The summed E-state index contributed by atoms with van der Waals surface area (Å²) in [5, 5.41) is 19.2. The summed E-state index contributed by atoms with van der Waals surface area (Å²) in [5.74, 6) is -0.307. The van der Waals surface area contributed by atoms with Crippen LogP contribution in [0, 0.1) is 0 Å². The largest absolute Gasteiger partial charge is 0.494 e. The molecule has 0 aliphatic rings. The Bertz CT molecular complexity index is 1040. The predicted octanol–water partition coefficient (Wildman–Crippen LogP) is 2.71. The Balaban J connectivity index is 1.62. The minimum absolute atomic E-state index is 0.0173. The maximum Gasteiger partial charge on any atom is 0.371 e. The number of ether oxygens (including phenoxy) is 3. The molecular weight excluding hydrogens is 380 g/mol. The van der Waals surface area contributed by atoms with Crippen LogP contribution in [0.25, 0.3) is 11.0 Å². The number of hydrogen-bond acceptors (Lipinski definition) is 7. The highest BCUT2D eigenvalue weighted by Gasteiger charge is 2.15. The van der Waals surface area contributed by atoms with E-state index in [1.165, 1.54) is 6.07 Å². The number of aliphatic hydroxyl groups excluding tert-OH is 1. The lowest BCUT2D eigenvalue weighted by molar-refractivity contribution is 0.0631. The molecule has 3 aromatic rings. The zero-order chi connectivity index (χ0) is 20.8. The number of fused-ring (bicyclic) bond motifs is 1. The SMILES string of the molecule is CCOc1ccc(OCC(O)COc2cccc3oc(C(=O)O)cc(=O)c23)cc1. The van der Waals surface area contributed by atoms with Gasteiger partial charge >= 0.3 is 5.97 Å². The zero-order valence-corrected chi connectivity index (χ0v) is 15.7. The molecule has 0 spiro atoms. The molecule has 8 nitrogen and oxygen atoms in total.